The van der Waals surface area contributed by atoms with Crippen LogP contribution in [0.15, 0.2) is 30.3 Å². The minimum Gasteiger partial charge on any atom is -0.491 e. The quantitative estimate of drug-likeness (QED) is 0.268. The summed E-state index contributed by atoms with van der Waals surface area (Å²) in [5.41, 5.74) is -0.853. The molecule has 1 saturated carbocycles. The molecule has 3 rings (SSSR count). The lowest BCUT2D eigenvalue weighted by Crippen LogP contribution is -2.24. The molecule has 0 N–H and O–H groups in total. The van der Waals surface area contributed by atoms with Gasteiger partial charge in [-0.05, 0) is 74.6 Å². The molecule has 2 aromatic carbocycles. The van der Waals surface area contributed by atoms with Gasteiger partial charge in [-0.15, -0.1) is 0 Å². The molecule has 1 fully saturated rings. The molecule has 1 aliphatic carbocycles. The van der Waals surface area contributed by atoms with E-state index in [9.17, 15) is 22.0 Å². The Labute approximate surface area is 190 Å². The van der Waals surface area contributed by atoms with E-state index in [1.807, 2.05) is 0 Å². The topological polar surface area (TPSA) is 27.7 Å². The van der Waals surface area contributed by atoms with E-state index in [0.717, 1.165) is 50.8 Å². The first-order valence-electron chi connectivity index (χ1n) is 11.3. The van der Waals surface area contributed by atoms with E-state index < -0.39 is 40.6 Å². The van der Waals surface area contributed by atoms with Gasteiger partial charge in [-0.1, -0.05) is 13.0 Å². The molecule has 0 aliphatic heterocycles. The third-order valence-corrected chi connectivity index (χ3v) is 5.87. The number of benzene rings is 2. The Balaban J connectivity index is 1.67. The molecule has 8 heteroatoms. The van der Waals surface area contributed by atoms with Crippen LogP contribution < -0.4 is 9.47 Å². The van der Waals surface area contributed by atoms with E-state index in [1.54, 1.807) is 6.92 Å². The number of hydrogen-bond donors (Lipinski definition) is 0. The predicted octanol–water partition coefficient (Wildman–Crippen LogP) is 7.33. The van der Waals surface area contributed by atoms with Gasteiger partial charge in [0.25, 0.3) is 0 Å². The number of alkyl halides is 2. The Kier molecular flexibility index (Phi) is 8.57. The summed E-state index contributed by atoms with van der Waals surface area (Å²) < 4.78 is 87.1. The summed E-state index contributed by atoms with van der Waals surface area (Å²) in [6.45, 7) is 5.08. The van der Waals surface area contributed by atoms with Crippen LogP contribution in [0.3, 0.4) is 0 Å². The van der Waals surface area contributed by atoms with Gasteiger partial charge in [0.1, 0.15) is 17.1 Å². The third kappa shape index (κ3) is 6.16. The summed E-state index contributed by atoms with van der Waals surface area (Å²) in [7, 11) is 0. The average Bonchev–Trinajstić information content (AvgIpc) is 2.77. The highest BCUT2D eigenvalue weighted by Gasteiger charge is 2.40. The van der Waals surface area contributed by atoms with Crippen LogP contribution in [0.1, 0.15) is 63.0 Å². The zero-order valence-electron chi connectivity index (χ0n) is 18.8. The largest absolute Gasteiger partial charge is 0.491 e. The molecular formula is C25H29F5O3. The summed E-state index contributed by atoms with van der Waals surface area (Å²) in [6.07, 6.45) is 0.141. The monoisotopic (exact) mass is 472 g/mol. The van der Waals surface area contributed by atoms with Gasteiger partial charge in [0.15, 0.2) is 11.6 Å². The Morgan fingerprint density at radius 2 is 1.67 bits per heavy atom. The number of hydrogen-bond acceptors (Lipinski definition) is 3. The molecule has 182 valence electrons. The first-order chi connectivity index (χ1) is 15.8. The van der Waals surface area contributed by atoms with E-state index in [-0.39, 0.29) is 12.5 Å². The molecule has 0 amide bonds. The summed E-state index contributed by atoms with van der Waals surface area (Å²) in [6, 6.07) is 5.11. The molecule has 0 radical (unpaired) electrons. The number of rotatable bonds is 10. The Morgan fingerprint density at radius 1 is 0.939 bits per heavy atom. The molecular weight excluding hydrogens is 443 g/mol. The maximum absolute atomic E-state index is 14.7. The van der Waals surface area contributed by atoms with Crippen molar-refractivity contribution in [1.82, 2.24) is 0 Å². The zero-order chi connectivity index (χ0) is 24.0. The molecule has 0 aromatic heterocycles. The van der Waals surface area contributed by atoms with Crippen LogP contribution >= 0.6 is 0 Å². The number of ether oxygens (including phenoxy) is 3. The van der Waals surface area contributed by atoms with Crippen LogP contribution in [0.2, 0.25) is 0 Å². The number of halogens is 5. The lowest BCUT2D eigenvalue weighted by molar-refractivity contribution is -0.187. The third-order valence-electron chi connectivity index (χ3n) is 5.87. The lowest BCUT2D eigenvalue weighted by atomic mass is 9.79. The summed E-state index contributed by atoms with van der Waals surface area (Å²) in [5.74, 6) is -4.49. The first kappa shape index (κ1) is 25.3. The lowest BCUT2D eigenvalue weighted by Gasteiger charge is -2.29. The van der Waals surface area contributed by atoms with Gasteiger partial charge in [-0.3, -0.25) is 0 Å². The normalized spacial score (nSPS) is 18.9. The van der Waals surface area contributed by atoms with Gasteiger partial charge in [-0.2, -0.15) is 13.2 Å². The Hall–Kier alpha value is -2.35. The van der Waals surface area contributed by atoms with Crippen molar-refractivity contribution in [3.05, 3.63) is 58.9 Å². The van der Waals surface area contributed by atoms with Gasteiger partial charge in [0.05, 0.1) is 6.61 Å². The molecule has 0 saturated heterocycles. The molecule has 33 heavy (non-hydrogen) atoms. The van der Waals surface area contributed by atoms with Crippen LogP contribution in [-0.4, -0.2) is 19.8 Å². The van der Waals surface area contributed by atoms with Crippen molar-refractivity contribution in [2.75, 3.05) is 19.8 Å². The van der Waals surface area contributed by atoms with Crippen LogP contribution in [-0.2, 0) is 10.8 Å². The smallest absolute Gasteiger partial charge is 0.429 e. The molecule has 3 nitrogen and oxygen atoms in total. The summed E-state index contributed by atoms with van der Waals surface area (Å²) in [5, 5.41) is 0. The Morgan fingerprint density at radius 3 is 2.30 bits per heavy atom. The SMILES string of the molecule is CCCOCC1CCC(c2ccc(OC(F)(F)c3ccc(OCC)c(F)c3F)cc2F)CC1. The van der Waals surface area contributed by atoms with E-state index in [2.05, 4.69) is 11.7 Å². The molecule has 2 aromatic rings. The van der Waals surface area contributed by atoms with E-state index in [1.165, 1.54) is 12.1 Å². The van der Waals surface area contributed by atoms with Crippen molar-refractivity contribution >= 4 is 0 Å². The van der Waals surface area contributed by atoms with Crippen LogP contribution in [0.25, 0.3) is 0 Å². The fourth-order valence-electron chi connectivity index (χ4n) is 4.16. The zero-order valence-corrected chi connectivity index (χ0v) is 18.8. The molecule has 0 spiro atoms. The average molecular weight is 472 g/mol. The van der Waals surface area contributed by atoms with Gasteiger partial charge in [0.2, 0.25) is 5.82 Å². The molecule has 0 unspecified atom stereocenters. The van der Waals surface area contributed by atoms with Crippen molar-refractivity contribution in [1.29, 1.82) is 0 Å². The fraction of sp³-hybridized carbons (Fsp3) is 0.520. The first-order valence-corrected chi connectivity index (χ1v) is 11.3. The van der Waals surface area contributed by atoms with Crippen molar-refractivity contribution < 1.29 is 36.2 Å². The van der Waals surface area contributed by atoms with Crippen molar-refractivity contribution in [2.45, 2.75) is 58.0 Å². The van der Waals surface area contributed by atoms with Crippen molar-refractivity contribution in [2.24, 2.45) is 5.92 Å². The summed E-state index contributed by atoms with van der Waals surface area (Å²) in [4.78, 5) is 0. The van der Waals surface area contributed by atoms with Crippen LogP contribution in [0.4, 0.5) is 22.0 Å². The highest BCUT2D eigenvalue weighted by atomic mass is 19.3. The minimum atomic E-state index is -4.21. The standard InChI is InChI=1S/C25H29F5O3/c1-3-13-31-15-16-5-7-17(8-6-16)19-10-9-18(14-21(19)26)33-25(29,30)20-11-12-22(32-4-2)24(28)23(20)27/h9-12,14,16-17H,3-8,13,15H2,1-2H3. The maximum Gasteiger partial charge on any atom is 0.429 e. The molecule has 0 bridgehead atoms. The Bertz CT molecular complexity index is 926. The van der Waals surface area contributed by atoms with Crippen molar-refractivity contribution in [3.8, 4) is 11.5 Å². The maximum atomic E-state index is 14.7. The van der Waals surface area contributed by atoms with Gasteiger partial charge < -0.3 is 14.2 Å². The highest BCUT2D eigenvalue weighted by molar-refractivity contribution is 5.35. The van der Waals surface area contributed by atoms with Gasteiger partial charge in [-0.25, -0.2) is 8.78 Å². The van der Waals surface area contributed by atoms with Gasteiger partial charge >= 0.3 is 6.11 Å². The van der Waals surface area contributed by atoms with Gasteiger partial charge in [0, 0.05) is 19.3 Å². The molecule has 0 atom stereocenters. The molecule has 1 aliphatic rings. The highest BCUT2D eigenvalue weighted by Crippen LogP contribution is 2.40. The van der Waals surface area contributed by atoms with E-state index in [0.29, 0.717) is 24.2 Å². The minimum absolute atomic E-state index is 0.0142. The van der Waals surface area contributed by atoms with E-state index in [4.69, 9.17) is 9.47 Å². The molecule has 0 heterocycles. The van der Waals surface area contributed by atoms with Crippen LogP contribution in [0.5, 0.6) is 11.5 Å². The summed E-state index contributed by atoms with van der Waals surface area (Å²) >= 11 is 0. The second kappa shape index (κ2) is 11.2. The van der Waals surface area contributed by atoms with E-state index >= 15 is 0 Å². The van der Waals surface area contributed by atoms with Crippen molar-refractivity contribution in [3.63, 3.8) is 0 Å². The second-order valence-electron chi connectivity index (χ2n) is 8.27. The van der Waals surface area contributed by atoms with Crippen LogP contribution in [0, 0.1) is 23.4 Å². The predicted molar refractivity (Wildman–Crippen MR) is 114 cm³/mol. The fourth-order valence-corrected chi connectivity index (χ4v) is 4.16. The second-order valence-corrected chi connectivity index (χ2v) is 8.27.